The summed E-state index contributed by atoms with van der Waals surface area (Å²) in [6.07, 6.45) is 0.452. The number of sulfone groups is 1. The summed E-state index contributed by atoms with van der Waals surface area (Å²) in [5.41, 5.74) is 2.56. The normalized spacial score (nSPS) is 18.0. The number of benzene rings is 2. The fourth-order valence-corrected chi connectivity index (χ4v) is 4.48. The van der Waals surface area contributed by atoms with E-state index in [2.05, 4.69) is 11.4 Å². The van der Waals surface area contributed by atoms with Crippen LogP contribution in [0.3, 0.4) is 0 Å². The maximum atomic E-state index is 11.9. The molecular formula is C19H18N2O4S. The van der Waals surface area contributed by atoms with E-state index in [1.165, 1.54) is 0 Å². The first-order valence-corrected chi connectivity index (χ1v) is 10.0. The van der Waals surface area contributed by atoms with Gasteiger partial charge in [-0.2, -0.15) is 5.26 Å². The number of nitrogens with one attached hydrogen (secondary N) is 1. The van der Waals surface area contributed by atoms with Crippen molar-refractivity contribution in [1.82, 2.24) is 5.32 Å². The Bertz CT molecular complexity index is 929. The Kier molecular flexibility index (Phi) is 5.24. The van der Waals surface area contributed by atoms with Crippen LogP contribution in [0.5, 0.6) is 5.75 Å². The molecule has 2 aromatic rings. The number of rotatable bonds is 5. The molecular weight excluding hydrogens is 352 g/mol. The van der Waals surface area contributed by atoms with E-state index in [0.29, 0.717) is 17.7 Å². The highest BCUT2D eigenvalue weighted by Crippen LogP contribution is 2.22. The molecule has 7 heteroatoms. The van der Waals surface area contributed by atoms with Crippen LogP contribution in [0.2, 0.25) is 0 Å². The Balaban J connectivity index is 1.52. The van der Waals surface area contributed by atoms with E-state index < -0.39 is 9.84 Å². The Morgan fingerprint density at radius 3 is 2.27 bits per heavy atom. The van der Waals surface area contributed by atoms with Crippen molar-refractivity contribution in [1.29, 1.82) is 5.26 Å². The average Bonchev–Trinajstić information content (AvgIpc) is 2.99. The van der Waals surface area contributed by atoms with Gasteiger partial charge in [0, 0.05) is 6.04 Å². The summed E-state index contributed by atoms with van der Waals surface area (Å²) in [5, 5.41) is 11.5. The lowest BCUT2D eigenvalue weighted by Gasteiger charge is -2.12. The van der Waals surface area contributed by atoms with Crippen LogP contribution in [0.15, 0.2) is 48.5 Å². The minimum absolute atomic E-state index is 0.00196. The summed E-state index contributed by atoms with van der Waals surface area (Å²) in [6.45, 7) is -0.160. The molecule has 6 nitrogen and oxygen atoms in total. The topological polar surface area (TPSA) is 96.3 Å². The summed E-state index contributed by atoms with van der Waals surface area (Å²) in [4.78, 5) is 11.9. The van der Waals surface area contributed by atoms with Crippen molar-refractivity contribution >= 4 is 15.7 Å². The molecule has 134 valence electrons. The summed E-state index contributed by atoms with van der Waals surface area (Å²) in [6, 6.07) is 16.3. The van der Waals surface area contributed by atoms with E-state index in [-0.39, 0.29) is 30.1 Å². The maximum absolute atomic E-state index is 11.9. The predicted molar refractivity (Wildman–Crippen MR) is 97.3 cm³/mol. The van der Waals surface area contributed by atoms with Gasteiger partial charge in [-0.25, -0.2) is 8.42 Å². The predicted octanol–water partition coefficient (Wildman–Crippen LogP) is 1.91. The minimum atomic E-state index is -3.02. The fraction of sp³-hybridized carbons (Fsp3) is 0.263. The number of amides is 1. The molecule has 1 amide bonds. The van der Waals surface area contributed by atoms with Crippen LogP contribution in [0, 0.1) is 11.3 Å². The molecule has 1 fully saturated rings. The van der Waals surface area contributed by atoms with Crippen molar-refractivity contribution in [2.45, 2.75) is 12.5 Å². The number of hydrogen-bond donors (Lipinski definition) is 1. The van der Waals surface area contributed by atoms with Crippen LogP contribution in [-0.4, -0.2) is 38.5 Å². The first-order chi connectivity index (χ1) is 12.4. The number of ether oxygens (including phenoxy) is 1. The van der Waals surface area contributed by atoms with Crippen molar-refractivity contribution in [3.05, 3.63) is 54.1 Å². The number of nitriles is 1. The summed E-state index contributed by atoms with van der Waals surface area (Å²) < 4.78 is 28.2. The van der Waals surface area contributed by atoms with E-state index in [1.54, 1.807) is 24.3 Å². The molecule has 1 heterocycles. The number of nitrogens with zero attached hydrogens (tertiary/aromatic N) is 1. The zero-order chi connectivity index (χ0) is 18.6. The maximum Gasteiger partial charge on any atom is 0.258 e. The molecule has 0 aromatic heterocycles. The molecule has 1 aliphatic heterocycles. The van der Waals surface area contributed by atoms with Gasteiger partial charge in [0.15, 0.2) is 16.4 Å². The molecule has 0 spiro atoms. The van der Waals surface area contributed by atoms with Gasteiger partial charge in [-0.15, -0.1) is 0 Å². The van der Waals surface area contributed by atoms with Crippen molar-refractivity contribution in [3.8, 4) is 22.9 Å². The highest BCUT2D eigenvalue weighted by atomic mass is 32.2. The zero-order valence-corrected chi connectivity index (χ0v) is 14.8. The van der Waals surface area contributed by atoms with Crippen LogP contribution in [0.25, 0.3) is 11.1 Å². The third-order valence-corrected chi connectivity index (χ3v) is 5.94. The monoisotopic (exact) mass is 370 g/mol. The largest absolute Gasteiger partial charge is 0.484 e. The quantitative estimate of drug-likeness (QED) is 0.867. The Labute approximate surface area is 152 Å². The second kappa shape index (κ2) is 7.58. The molecule has 0 aliphatic carbocycles. The molecule has 2 aromatic carbocycles. The molecule has 3 rings (SSSR count). The Morgan fingerprint density at radius 2 is 1.73 bits per heavy atom. The van der Waals surface area contributed by atoms with Crippen molar-refractivity contribution in [2.75, 3.05) is 18.1 Å². The summed E-state index contributed by atoms with van der Waals surface area (Å²) in [7, 11) is -3.02. The smallest absolute Gasteiger partial charge is 0.258 e. The van der Waals surface area contributed by atoms with Crippen molar-refractivity contribution in [2.24, 2.45) is 0 Å². The Morgan fingerprint density at radius 1 is 1.12 bits per heavy atom. The fourth-order valence-electron chi connectivity index (χ4n) is 2.81. The van der Waals surface area contributed by atoms with Gasteiger partial charge in [0.2, 0.25) is 0 Å². The van der Waals surface area contributed by atoms with E-state index in [0.717, 1.165) is 11.1 Å². The van der Waals surface area contributed by atoms with E-state index in [9.17, 15) is 13.2 Å². The van der Waals surface area contributed by atoms with Crippen LogP contribution in [0.4, 0.5) is 0 Å². The van der Waals surface area contributed by atoms with E-state index >= 15 is 0 Å². The van der Waals surface area contributed by atoms with Crippen LogP contribution in [0.1, 0.15) is 12.0 Å². The third-order valence-electron chi connectivity index (χ3n) is 4.17. The van der Waals surface area contributed by atoms with Crippen molar-refractivity contribution < 1.29 is 17.9 Å². The average molecular weight is 370 g/mol. The molecule has 0 radical (unpaired) electrons. The lowest BCUT2D eigenvalue weighted by Crippen LogP contribution is -2.38. The van der Waals surface area contributed by atoms with Gasteiger partial charge in [-0.1, -0.05) is 24.3 Å². The first kappa shape index (κ1) is 18.0. The molecule has 1 unspecified atom stereocenters. The van der Waals surface area contributed by atoms with Crippen LogP contribution in [-0.2, 0) is 14.6 Å². The molecule has 1 saturated heterocycles. The first-order valence-electron chi connectivity index (χ1n) is 8.18. The van der Waals surface area contributed by atoms with Gasteiger partial charge in [0.05, 0.1) is 23.1 Å². The van der Waals surface area contributed by atoms with Gasteiger partial charge < -0.3 is 10.1 Å². The second-order valence-electron chi connectivity index (χ2n) is 6.17. The van der Waals surface area contributed by atoms with Crippen molar-refractivity contribution in [3.63, 3.8) is 0 Å². The van der Waals surface area contributed by atoms with Gasteiger partial charge in [-0.3, -0.25) is 4.79 Å². The van der Waals surface area contributed by atoms with Gasteiger partial charge in [-0.05, 0) is 41.8 Å². The molecule has 1 aliphatic rings. The number of carbonyl (C=O) groups is 1. The molecule has 0 saturated carbocycles. The highest BCUT2D eigenvalue weighted by Gasteiger charge is 2.28. The standard InChI is InChI=1S/C19H18N2O4S/c20-11-14-1-3-15(4-2-14)16-5-7-18(8-6-16)25-12-19(22)21-17-9-10-26(23,24)13-17/h1-8,17H,9-10,12-13H2,(H,21,22). The number of carbonyl (C=O) groups excluding carboxylic acids is 1. The minimum Gasteiger partial charge on any atom is -0.484 e. The molecule has 1 atom stereocenters. The lowest BCUT2D eigenvalue weighted by molar-refractivity contribution is -0.123. The second-order valence-corrected chi connectivity index (χ2v) is 8.40. The SMILES string of the molecule is N#Cc1ccc(-c2ccc(OCC(=O)NC3CCS(=O)(=O)C3)cc2)cc1. The van der Waals surface area contributed by atoms with Gasteiger partial charge in [0.1, 0.15) is 5.75 Å². The van der Waals surface area contributed by atoms with E-state index in [1.807, 2.05) is 24.3 Å². The van der Waals surface area contributed by atoms with Crippen LogP contribution < -0.4 is 10.1 Å². The third kappa shape index (κ3) is 4.61. The Hall–Kier alpha value is -2.85. The van der Waals surface area contributed by atoms with Gasteiger partial charge >= 0.3 is 0 Å². The molecule has 1 N–H and O–H groups in total. The number of hydrogen-bond acceptors (Lipinski definition) is 5. The molecule has 26 heavy (non-hydrogen) atoms. The lowest BCUT2D eigenvalue weighted by atomic mass is 10.0. The van der Waals surface area contributed by atoms with Crippen LogP contribution >= 0.6 is 0 Å². The highest BCUT2D eigenvalue weighted by molar-refractivity contribution is 7.91. The summed E-state index contributed by atoms with van der Waals surface area (Å²) in [5.74, 6) is 0.341. The van der Waals surface area contributed by atoms with Gasteiger partial charge in [0.25, 0.3) is 5.91 Å². The zero-order valence-electron chi connectivity index (χ0n) is 14.0. The van der Waals surface area contributed by atoms with E-state index in [4.69, 9.17) is 10.00 Å². The molecule has 0 bridgehead atoms. The summed E-state index contributed by atoms with van der Waals surface area (Å²) >= 11 is 0.